The molecule has 9 heteroatoms. The summed E-state index contributed by atoms with van der Waals surface area (Å²) in [6, 6.07) is 7.50. The number of halogens is 1. The van der Waals surface area contributed by atoms with Gasteiger partial charge in [-0.3, -0.25) is 9.59 Å². The lowest BCUT2D eigenvalue weighted by Gasteiger charge is -2.32. The van der Waals surface area contributed by atoms with Gasteiger partial charge in [0.2, 0.25) is 11.9 Å². The second kappa shape index (κ2) is 11.1. The van der Waals surface area contributed by atoms with E-state index in [1.807, 2.05) is 47.9 Å². The van der Waals surface area contributed by atoms with Crippen LogP contribution < -0.4 is 15.0 Å². The Bertz CT molecular complexity index is 943. The molecule has 1 aromatic carbocycles. The number of carbonyl (C=O) groups excluding carboxylic acids is 2. The average molecular weight is 460 g/mol. The Balaban J connectivity index is 1.56. The number of benzene rings is 1. The third-order valence-corrected chi connectivity index (χ3v) is 5.99. The third-order valence-electron chi connectivity index (χ3n) is 5.71. The number of hydrogen-bond donors (Lipinski definition) is 1. The first kappa shape index (κ1) is 23.8. The third kappa shape index (κ3) is 5.68. The van der Waals surface area contributed by atoms with Gasteiger partial charge in [-0.2, -0.15) is 0 Å². The van der Waals surface area contributed by atoms with Crippen molar-refractivity contribution in [3.05, 3.63) is 46.7 Å². The van der Waals surface area contributed by atoms with Gasteiger partial charge >= 0.3 is 0 Å². The summed E-state index contributed by atoms with van der Waals surface area (Å²) >= 11 is 6.20. The van der Waals surface area contributed by atoms with Gasteiger partial charge in [-0.25, -0.2) is 9.97 Å². The highest BCUT2D eigenvalue weighted by Crippen LogP contribution is 2.21. The lowest BCUT2D eigenvalue weighted by molar-refractivity contribution is -0.131. The molecule has 3 rings (SSSR count). The molecule has 0 aliphatic carbocycles. The Labute approximate surface area is 193 Å². The zero-order valence-electron chi connectivity index (χ0n) is 18.8. The van der Waals surface area contributed by atoms with E-state index in [4.69, 9.17) is 16.3 Å². The number of rotatable bonds is 8. The molecule has 0 spiro atoms. The molecule has 0 radical (unpaired) electrons. The molecular weight excluding hydrogens is 430 g/mol. The highest BCUT2D eigenvalue weighted by Gasteiger charge is 2.26. The number of para-hydroxylation sites is 1. The van der Waals surface area contributed by atoms with Crippen molar-refractivity contribution >= 4 is 29.4 Å². The van der Waals surface area contributed by atoms with Crippen LogP contribution in [0.3, 0.4) is 0 Å². The predicted octanol–water partition coefficient (Wildman–Crippen LogP) is 2.95. The van der Waals surface area contributed by atoms with E-state index < -0.39 is 0 Å². The Morgan fingerprint density at radius 3 is 2.56 bits per heavy atom. The minimum Gasteiger partial charge on any atom is -0.496 e. The topological polar surface area (TPSA) is 87.7 Å². The van der Waals surface area contributed by atoms with E-state index in [0.29, 0.717) is 44.0 Å². The minimum absolute atomic E-state index is 0.0410. The summed E-state index contributed by atoms with van der Waals surface area (Å²) in [7, 11) is 1.60. The minimum atomic E-state index is -0.315. The van der Waals surface area contributed by atoms with Gasteiger partial charge in [-0.1, -0.05) is 29.8 Å². The Morgan fingerprint density at radius 2 is 1.91 bits per heavy atom. The molecule has 0 bridgehead atoms. The standard InChI is InChI=1S/C23H30ClN5O3/c1-4-28(5-2)23-25-15-18(24)21(27-23)22(31)26-17-10-12-29(13-11-17)20(30)14-16-8-6-7-9-19(16)32-3/h6-9,15,17H,4-5,10-14H2,1-3H3,(H,26,31). The maximum atomic E-state index is 12.8. The molecule has 2 amide bonds. The predicted molar refractivity (Wildman–Crippen MR) is 124 cm³/mol. The number of nitrogens with zero attached hydrogens (tertiary/aromatic N) is 4. The number of likely N-dealkylation sites (tertiary alicyclic amines) is 1. The van der Waals surface area contributed by atoms with Crippen LogP contribution in [0.15, 0.2) is 30.5 Å². The zero-order valence-corrected chi connectivity index (χ0v) is 19.6. The fourth-order valence-electron chi connectivity index (χ4n) is 3.83. The van der Waals surface area contributed by atoms with Crippen molar-refractivity contribution in [1.29, 1.82) is 0 Å². The van der Waals surface area contributed by atoms with Gasteiger partial charge in [0, 0.05) is 37.8 Å². The molecule has 1 aliphatic heterocycles. The largest absolute Gasteiger partial charge is 0.496 e. The summed E-state index contributed by atoms with van der Waals surface area (Å²) in [5.74, 6) is 0.946. The van der Waals surface area contributed by atoms with Crippen LogP contribution in [0.25, 0.3) is 0 Å². The molecule has 1 aliphatic rings. The summed E-state index contributed by atoms with van der Waals surface area (Å²) < 4.78 is 5.34. The van der Waals surface area contributed by atoms with Crippen LogP contribution in [0, 0.1) is 0 Å². The number of anilines is 1. The van der Waals surface area contributed by atoms with E-state index in [0.717, 1.165) is 18.7 Å². The van der Waals surface area contributed by atoms with Gasteiger partial charge in [0.15, 0.2) is 5.69 Å². The van der Waals surface area contributed by atoms with Crippen LogP contribution in [-0.4, -0.2) is 66.0 Å². The second-order valence-corrected chi connectivity index (χ2v) is 8.06. The molecule has 0 atom stereocenters. The number of amides is 2. The van der Waals surface area contributed by atoms with E-state index >= 15 is 0 Å². The normalized spacial score (nSPS) is 14.2. The van der Waals surface area contributed by atoms with Crippen molar-refractivity contribution in [3.63, 3.8) is 0 Å². The Morgan fingerprint density at radius 1 is 1.22 bits per heavy atom. The molecule has 1 N–H and O–H groups in total. The lowest BCUT2D eigenvalue weighted by atomic mass is 10.0. The van der Waals surface area contributed by atoms with Crippen molar-refractivity contribution < 1.29 is 14.3 Å². The summed E-state index contributed by atoms with van der Waals surface area (Å²) in [5, 5.41) is 3.24. The molecular formula is C23H30ClN5O3. The SMILES string of the molecule is CCN(CC)c1ncc(Cl)c(C(=O)NC2CCN(C(=O)Cc3ccccc3OC)CC2)n1. The van der Waals surface area contributed by atoms with Crippen molar-refractivity contribution in [3.8, 4) is 5.75 Å². The van der Waals surface area contributed by atoms with E-state index in [2.05, 4.69) is 15.3 Å². The maximum Gasteiger partial charge on any atom is 0.271 e. The molecule has 0 saturated carbocycles. The number of carbonyl (C=O) groups is 2. The summed E-state index contributed by atoms with van der Waals surface area (Å²) in [4.78, 5) is 38.0. The summed E-state index contributed by atoms with van der Waals surface area (Å²) in [6.45, 7) is 6.65. The zero-order chi connectivity index (χ0) is 23.1. The second-order valence-electron chi connectivity index (χ2n) is 7.66. The Kier molecular flexibility index (Phi) is 8.27. The van der Waals surface area contributed by atoms with Gasteiger partial charge < -0.3 is 19.9 Å². The average Bonchev–Trinajstić information content (AvgIpc) is 2.81. The number of nitrogens with one attached hydrogen (secondary N) is 1. The maximum absolute atomic E-state index is 12.8. The quantitative estimate of drug-likeness (QED) is 0.653. The van der Waals surface area contributed by atoms with Gasteiger partial charge in [0.25, 0.3) is 5.91 Å². The number of piperidine rings is 1. The molecule has 2 heterocycles. The molecule has 32 heavy (non-hydrogen) atoms. The summed E-state index contributed by atoms with van der Waals surface area (Å²) in [6.07, 6.45) is 3.12. The molecule has 1 fully saturated rings. The van der Waals surface area contributed by atoms with E-state index in [1.165, 1.54) is 6.20 Å². The first-order valence-corrected chi connectivity index (χ1v) is 11.3. The van der Waals surface area contributed by atoms with Crippen LogP contribution in [0.1, 0.15) is 42.7 Å². The number of methoxy groups -OCH3 is 1. The monoisotopic (exact) mass is 459 g/mol. The number of hydrogen-bond acceptors (Lipinski definition) is 6. The molecule has 1 aromatic heterocycles. The fourth-order valence-corrected chi connectivity index (χ4v) is 4.00. The van der Waals surface area contributed by atoms with Gasteiger partial charge in [0.1, 0.15) is 5.75 Å². The van der Waals surface area contributed by atoms with Crippen molar-refractivity contribution in [2.75, 3.05) is 38.2 Å². The highest BCUT2D eigenvalue weighted by atomic mass is 35.5. The van der Waals surface area contributed by atoms with Crippen molar-refractivity contribution in [2.24, 2.45) is 0 Å². The number of aromatic nitrogens is 2. The lowest BCUT2D eigenvalue weighted by Crippen LogP contribution is -2.47. The molecule has 1 saturated heterocycles. The van der Waals surface area contributed by atoms with Crippen molar-refractivity contribution in [2.45, 2.75) is 39.2 Å². The van der Waals surface area contributed by atoms with Crippen LogP contribution in [0.2, 0.25) is 5.02 Å². The van der Waals surface area contributed by atoms with Gasteiger partial charge in [-0.05, 0) is 32.8 Å². The van der Waals surface area contributed by atoms with E-state index in [-0.39, 0.29) is 28.6 Å². The Hall–Kier alpha value is -2.87. The van der Waals surface area contributed by atoms with E-state index in [1.54, 1.807) is 7.11 Å². The molecule has 172 valence electrons. The van der Waals surface area contributed by atoms with Crippen LogP contribution in [-0.2, 0) is 11.2 Å². The molecule has 0 unspecified atom stereocenters. The van der Waals surface area contributed by atoms with E-state index in [9.17, 15) is 9.59 Å². The number of ether oxygens (including phenoxy) is 1. The molecule has 2 aromatic rings. The van der Waals surface area contributed by atoms with Gasteiger partial charge in [-0.15, -0.1) is 0 Å². The first-order valence-electron chi connectivity index (χ1n) is 10.9. The van der Waals surface area contributed by atoms with Gasteiger partial charge in [0.05, 0.1) is 24.8 Å². The summed E-state index contributed by atoms with van der Waals surface area (Å²) in [5.41, 5.74) is 1.05. The first-order chi connectivity index (χ1) is 15.5. The van der Waals surface area contributed by atoms with Crippen LogP contribution in [0.4, 0.5) is 5.95 Å². The van der Waals surface area contributed by atoms with Crippen LogP contribution in [0.5, 0.6) is 5.75 Å². The van der Waals surface area contributed by atoms with Crippen molar-refractivity contribution in [1.82, 2.24) is 20.2 Å². The highest BCUT2D eigenvalue weighted by molar-refractivity contribution is 6.33. The van der Waals surface area contributed by atoms with Crippen LogP contribution >= 0.6 is 11.6 Å². The fraction of sp³-hybridized carbons (Fsp3) is 0.478. The molecule has 8 nitrogen and oxygen atoms in total. The smallest absolute Gasteiger partial charge is 0.271 e.